The van der Waals surface area contributed by atoms with Gasteiger partial charge in [0.2, 0.25) is 5.91 Å². The normalized spacial score (nSPS) is 23.5. The van der Waals surface area contributed by atoms with E-state index in [2.05, 4.69) is 4.72 Å². The summed E-state index contributed by atoms with van der Waals surface area (Å²) in [5.74, 6) is -1.35. The topological polar surface area (TPSA) is 104 Å². The van der Waals surface area contributed by atoms with Crippen molar-refractivity contribution >= 4 is 33.2 Å². The number of carboxylic acid groups (broad SMARTS) is 1. The molecule has 1 saturated heterocycles. The highest BCUT2D eigenvalue weighted by molar-refractivity contribution is 7.91. The molecular formula is C14H20N2O5S2. The van der Waals surface area contributed by atoms with Gasteiger partial charge in [-0.2, -0.15) is 4.72 Å². The van der Waals surface area contributed by atoms with E-state index in [0.717, 1.165) is 11.3 Å². The first-order valence-electron chi connectivity index (χ1n) is 7.31. The van der Waals surface area contributed by atoms with Gasteiger partial charge in [0, 0.05) is 6.54 Å². The molecule has 1 aromatic rings. The molecule has 3 unspecified atom stereocenters. The van der Waals surface area contributed by atoms with E-state index in [1.54, 1.807) is 11.4 Å². The number of aliphatic carboxylic acids is 1. The molecule has 0 aliphatic carbocycles. The van der Waals surface area contributed by atoms with Crippen molar-refractivity contribution in [2.24, 2.45) is 5.92 Å². The van der Waals surface area contributed by atoms with Crippen LogP contribution in [-0.4, -0.2) is 48.9 Å². The number of nitrogens with one attached hydrogen (secondary N) is 1. The van der Waals surface area contributed by atoms with Crippen molar-refractivity contribution in [3.05, 3.63) is 17.5 Å². The fourth-order valence-corrected chi connectivity index (χ4v) is 4.85. The molecule has 0 spiro atoms. The van der Waals surface area contributed by atoms with Crippen LogP contribution in [0.1, 0.15) is 26.7 Å². The Balaban J connectivity index is 2.11. The van der Waals surface area contributed by atoms with Gasteiger partial charge in [0.05, 0.1) is 6.04 Å². The van der Waals surface area contributed by atoms with Crippen molar-refractivity contribution in [2.75, 3.05) is 6.54 Å². The Labute approximate surface area is 139 Å². The molecule has 128 valence electrons. The van der Waals surface area contributed by atoms with Gasteiger partial charge in [0.1, 0.15) is 10.3 Å². The van der Waals surface area contributed by atoms with E-state index in [4.69, 9.17) is 0 Å². The number of rotatable bonds is 5. The summed E-state index contributed by atoms with van der Waals surface area (Å²) in [7, 11) is -3.77. The minimum absolute atomic E-state index is 0.124. The number of carbonyl (C=O) groups is 2. The van der Waals surface area contributed by atoms with Crippen molar-refractivity contribution in [1.29, 1.82) is 0 Å². The second-order valence-electron chi connectivity index (χ2n) is 5.79. The molecule has 2 N–H and O–H groups in total. The number of carbonyl (C=O) groups excluding carboxylic acids is 1. The maximum absolute atomic E-state index is 12.5. The molecule has 0 radical (unpaired) electrons. The number of thiophene rings is 1. The largest absolute Gasteiger partial charge is 0.480 e. The molecule has 1 fully saturated rings. The minimum atomic E-state index is -3.77. The number of sulfonamides is 1. The van der Waals surface area contributed by atoms with Crippen LogP contribution in [-0.2, 0) is 19.6 Å². The van der Waals surface area contributed by atoms with E-state index < -0.39 is 34.0 Å². The maximum atomic E-state index is 12.5. The molecule has 1 aliphatic heterocycles. The zero-order valence-corrected chi connectivity index (χ0v) is 14.6. The number of hydrogen-bond donors (Lipinski definition) is 2. The molecule has 7 nitrogen and oxygen atoms in total. The van der Waals surface area contributed by atoms with Crippen molar-refractivity contribution in [2.45, 2.75) is 43.0 Å². The van der Waals surface area contributed by atoms with Gasteiger partial charge in [0.25, 0.3) is 10.0 Å². The molecule has 2 rings (SSSR count). The van der Waals surface area contributed by atoms with Crippen molar-refractivity contribution in [1.82, 2.24) is 9.62 Å². The smallest absolute Gasteiger partial charge is 0.326 e. The molecule has 2 heterocycles. The van der Waals surface area contributed by atoms with Crippen LogP contribution in [0.15, 0.2) is 21.7 Å². The lowest BCUT2D eigenvalue weighted by molar-refractivity contribution is -0.153. The predicted molar refractivity (Wildman–Crippen MR) is 85.6 cm³/mol. The van der Waals surface area contributed by atoms with Crippen LogP contribution in [0.3, 0.4) is 0 Å². The summed E-state index contributed by atoms with van der Waals surface area (Å²) in [6.07, 6.45) is 1.09. The third-order valence-electron chi connectivity index (χ3n) is 3.90. The van der Waals surface area contributed by atoms with E-state index in [1.165, 1.54) is 17.9 Å². The standard InChI is InChI=1S/C14H20N2O5S2/c1-9-5-6-16(11(8-9)14(18)19)13(17)10(2)15-23(20,21)12-4-3-7-22-12/h3-4,7,9-11,15H,5-6,8H2,1-2H3,(H,18,19). The first kappa shape index (κ1) is 17.9. The molecule has 0 aromatic carbocycles. The van der Waals surface area contributed by atoms with E-state index in [1.807, 2.05) is 6.92 Å². The Hall–Kier alpha value is -1.45. The van der Waals surface area contributed by atoms with Crippen molar-refractivity contribution in [3.8, 4) is 0 Å². The summed E-state index contributed by atoms with van der Waals surface area (Å²) in [5.41, 5.74) is 0. The monoisotopic (exact) mass is 360 g/mol. The summed E-state index contributed by atoms with van der Waals surface area (Å²) in [4.78, 5) is 25.2. The first-order valence-corrected chi connectivity index (χ1v) is 9.67. The maximum Gasteiger partial charge on any atom is 0.326 e. The van der Waals surface area contributed by atoms with Gasteiger partial charge in [-0.05, 0) is 37.1 Å². The summed E-state index contributed by atoms with van der Waals surface area (Å²) in [6, 6.07) is 1.14. The molecule has 23 heavy (non-hydrogen) atoms. The van der Waals surface area contributed by atoms with E-state index in [0.29, 0.717) is 19.4 Å². The van der Waals surface area contributed by atoms with E-state index in [9.17, 15) is 23.1 Å². The Kier molecular flexibility index (Phi) is 5.43. The Morgan fingerprint density at radius 3 is 2.74 bits per heavy atom. The summed E-state index contributed by atoms with van der Waals surface area (Å²) in [5, 5.41) is 10.9. The van der Waals surface area contributed by atoms with Gasteiger partial charge in [-0.3, -0.25) is 4.79 Å². The van der Waals surface area contributed by atoms with Gasteiger partial charge in [-0.1, -0.05) is 13.0 Å². The second-order valence-corrected chi connectivity index (χ2v) is 8.68. The van der Waals surface area contributed by atoms with Crippen molar-refractivity contribution < 1.29 is 23.1 Å². The minimum Gasteiger partial charge on any atom is -0.480 e. The zero-order chi connectivity index (χ0) is 17.2. The lowest BCUT2D eigenvalue weighted by Gasteiger charge is -2.37. The van der Waals surface area contributed by atoms with Crippen LogP contribution in [0.2, 0.25) is 0 Å². The van der Waals surface area contributed by atoms with Crippen LogP contribution in [0.25, 0.3) is 0 Å². The summed E-state index contributed by atoms with van der Waals surface area (Å²) < 4.78 is 26.8. The van der Waals surface area contributed by atoms with Gasteiger partial charge in [-0.15, -0.1) is 11.3 Å². The Bertz CT molecular complexity index is 671. The number of carboxylic acids is 1. The summed E-state index contributed by atoms with van der Waals surface area (Å²) in [6.45, 7) is 3.70. The van der Waals surface area contributed by atoms with Gasteiger partial charge >= 0.3 is 5.97 Å². The number of amides is 1. The zero-order valence-electron chi connectivity index (χ0n) is 12.9. The molecule has 3 atom stereocenters. The number of piperidine rings is 1. The highest BCUT2D eigenvalue weighted by Crippen LogP contribution is 2.24. The average Bonchev–Trinajstić information content (AvgIpc) is 3.01. The molecular weight excluding hydrogens is 340 g/mol. The third kappa shape index (κ3) is 4.10. The highest BCUT2D eigenvalue weighted by Gasteiger charge is 2.37. The summed E-state index contributed by atoms with van der Waals surface area (Å²) >= 11 is 1.06. The number of likely N-dealkylation sites (tertiary alicyclic amines) is 1. The SMILES string of the molecule is CC1CCN(C(=O)C(C)NS(=O)(=O)c2cccs2)C(C(=O)O)C1. The molecule has 0 bridgehead atoms. The molecule has 0 saturated carbocycles. The van der Waals surface area contributed by atoms with Crippen LogP contribution in [0, 0.1) is 5.92 Å². The fraction of sp³-hybridized carbons (Fsp3) is 0.571. The van der Waals surface area contributed by atoms with Gasteiger partial charge < -0.3 is 10.0 Å². The fourth-order valence-electron chi connectivity index (χ4n) is 2.65. The second kappa shape index (κ2) is 6.98. The lowest BCUT2D eigenvalue weighted by Crippen LogP contribution is -2.55. The van der Waals surface area contributed by atoms with Crippen LogP contribution >= 0.6 is 11.3 Å². The Morgan fingerprint density at radius 2 is 2.17 bits per heavy atom. The third-order valence-corrected chi connectivity index (χ3v) is 6.83. The average molecular weight is 360 g/mol. The van der Waals surface area contributed by atoms with Gasteiger partial charge in [-0.25, -0.2) is 13.2 Å². The molecule has 1 aromatic heterocycles. The van der Waals surface area contributed by atoms with Gasteiger partial charge in [0.15, 0.2) is 0 Å². The lowest BCUT2D eigenvalue weighted by atomic mass is 9.92. The highest BCUT2D eigenvalue weighted by atomic mass is 32.2. The Morgan fingerprint density at radius 1 is 1.48 bits per heavy atom. The first-order chi connectivity index (χ1) is 10.7. The van der Waals surface area contributed by atoms with E-state index >= 15 is 0 Å². The molecule has 1 amide bonds. The predicted octanol–water partition coefficient (Wildman–Crippen LogP) is 1.13. The van der Waals surface area contributed by atoms with E-state index in [-0.39, 0.29) is 10.1 Å². The van der Waals surface area contributed by atoms with Crippen molar-refractivity contribution in [3.63, 3.8) is 0 Å². The number of hydrogen-bond acceptors (Lipinski definition) is 5. The number of nitrogens with zero attached hydrogens (tertiary/aromatic N) is 1. The van der Waals surface area contributed by atoms with Crippen LogP contribution in [0.4, 0.5) is 0 Å². The van der Waals surface area contributed by atoms with Crippen LogP contribution < -0.4 is 4.72 Å². The molecule has 9 heteroatoms. The van der Waals surface area contributed by atoms with Crippen LogP contribution in [0.5, 0.6) is 0 Å². The molecule has 1 aliphatic rings. The quantitative estimate of drug-likeness (QED) is 0.819.